The SMILES string of the molecule is CNC(C(=O)O)C(=O)NCCc1cccc(Br)c1. The molecule has 0 aliphatic carbocycles. The predicted molar refractivity (Wildman–Crippen MR) is 71.3 cm³/mol. The van der Waals surface area contributed by atoms with Gasteiger partial charge in [-0.15, -0.1) is 0 Å². The molecule has 6 heteroatoms. The number of amides is 1. The molecule has 0 heterocycles. The second-order valence-corrected chi connectivity index (χ2v) is 4.65. The van der Waals surface area contributed by atoms with Crippen molar-refractivity contribution in [1.29, 1.82) is 0 Å². The maximum Gasteiger partial charge on any atom is 0.330 e. The molecule has 1 aromatic carbocycles. The number of aliphatic carboxylic acids is 1. The number of carboxylic acid groups (broad SMARTS) is 1. The van der Waals surface area contributed by atoms with E-state index in [4.69, 9.17) is 5.11 Å². The highest BCUT2D eigenvalue weighted by molar-refractivity contribution is 9.10. The van der Waals surface area contributed by atoms with Crippen LogP contribution in [-0.2, 0) is 16.0 Å². The Bertz CT molecular complexity index is 437. The fourth-order valence-electron chi connectivity index (χ4n) is 1.49. The first kappa shape index (κ1) is 14.7. The third-order valence-electron chi connectivity index (χ3n) is 2.40. The normalized spacial score (nSPS) is 11.9. The summed E-state index contributed by atoms with van der Waals surface area (Å²) >= 11 is 3.36. The second-order valence-electron chi connectivity index (χ2n) is 3.73. The number of hydrogen-bond acceptors (Lipinski definition) is 3. The first-order valence-corrected chi connectivity index (χ1v) is 6.26. The van der Waals surface area contributed by atoms with Crippen LogP contribution in [0, 0.1) is 0 Å². The van der Waals surface area contributed by atoms with Gasteiger partial charge in [-0.25, -0.2) is 4.79 Å². The minimum atomic E-state index is -1.20. The largest absolute Gasteiger partial charge is 0.480 e. The lowest BCUT2D eigenvalue weighted by molar-refractivity contribution is -0.143. The smallest absolute Gasteiger partial charge is 0.330 e. The molecule has 1 aromatic rings. The minimum absolute atomic E-state index is 0.404. The molecule has 0 aliphatic heterocycles. The van der Waals surface area contributed by atoms with Crippen LogP contribution in [0.15, 0.2) is 28.7 Å². The van der Waals surface area contributed by atoms with Crippen molar-refractivity contribution < 1.29 is 14.7 Å². The molecule has 0 radical (unpaired) electrons. The van der Waals surface area contributed by atoms with Crippen LogP contribution < -0.4 is 10.6 Å². The molecule has 1 unspecified atom stereocenters. The van der Waals surface area contributed by atoms with Gasteiger partial charge in [0.2, 0.25) is 5.91 Å². The molecule has 0 fully saturated rings. The average molecular weight is 315 g/mol. The van der Waals surface area contributed by atoms with E-state index in [2.05, 4.69) is 26.6 Å². The summed E-state index contributed by atoms with van der Waals surface area (Å²) in [5.74, 6) is -1.71. The molecule has 0 saturated heterocycles. The van der Waals surface area contributed by atoms with Crippen molar-refractivity contribution in [3.8, 4) is 0 Å². The van der Waals surface area contributed by atoms with Crippen molar-refractivity contribution >= 4 is 27.8 Å². The van der Waals surface area contributed by atoms with Gasteiger partial charge in [-0.3, -0.25) is 10.1 Å². The molecule has 0 aliphatic rings. The van der Waals surface area contributed by atoms with E-state index in [9.17, 15) is 9.59 Å². The summed E-state index contributed by atoms with van der Waals surface area (Å²) in [6, 6.07) is 6.54. The summed E-state index contributed by atoms with van der Waals surface area (Å²) in [4.78, 5) is 22.2. The summed E-state index contributed by atoms with van der Waals surface area (Å²) in [6.45, 7) is 0.404. The fraction of sp³-hybridized carbons (Fsp3) is 0.333. The second kappa shape index (κ2) is 7.13. The van der Waals surface area contributed by atoms with Gasteiger partial charge in [0.1, 0.15) is 0 Å². The first-order chi connectivity index (χ1) is 8.54. The van der Waals surface area contributed by atoms with Gasteiger partial charge in [0.25, 0.3) is 0 Å². The molecular formula is C12H15BrN2O3. The quantitative estimate of drug-likeness (QED) is 0.678. The van der Waals surface area contributed by atoms with E-state index in [0.29, 0.717) is 13.0 Å². The van der Waals surface area contributed by atoms with E-state index >= 15 is 0 Å². The highest BCUT2D eigenvalue weighted by atomic mass is 79.9. The Morgan fingerprint density at radius 1 is 1.44 bits per heavy atom. The Hall–Kier alpha value is -1.40. The van der Waals surface area contributed by atoms with Gasteiger partial charge in [-0.2, -0.15) is 0 Å². The Kier molecular flexibility index (Phi) is 5.80. The Labute approximate surface area is 114 Å². The van der Waals surface area contributed by atoms with Gasteiger partial charge in [0, 0.05) is 11.0 Å². The number of rotatable bonds is 6. The van der Waals surface area contributed by atoms with Crippen LogP contribution in [0.2, 0.25) is 0 Å². The Morgan fingerprint density at radius 2 is 2.17 bits per heavy atom. The molecule has 0 aromatic heterocycles. The Morgan fingerprint density at radius 3 is 2.72 bits per heavy atom. The topological polar surface area (TPSA) is 78.4 Å². The number of benzene rings is 1. The number of carbonyl (C=O) groups excluding carboxylic acids is 1. The first-order valence-electron chi connectivity index (χ1n) is 5.47. The van der Waals surface area contributed by atoms with Crippen molar-refractivity contribution in [3.63, 3.8) is 0 Å². The zero-order valence-corrected chi connectivity index (χ0v) is 11.5. The summed E-state index contributed by atoms with van der Waals surface area (Å²) in [5, 5.41) is 13.8. The monoisotopic (exact) mass is 314 g/mol. The molecule has 18 heavy (non-hydrogen) atoms. The number of hydrogen-bond donors (Lipinski definition) is 3. The van der Waals surface area contributed by atoms with Crippen LogP contribution in [0.3, 0.4) is 0 Å². The highest BCUT2D eigenvalue weighted by Crippen LogP contribution is 2.11. The van der Waals surface area contributed by atoms with Gasteiger partial charge in [-0.1, -0.05) is 28.1 Å². The van der Waals surface area contributed by atoms with Crippen molar-refractivity contribution in [2.45, 2.75) is 12.5 Å². The van der Waals surface area contributed by atoms with Crippen LogP contribution in [0.1, 0.15) is 5.56 Å². The molecule has 5 nitrogen and oxygen atoms in total. The summed E-state index contributed by atoms with van der Waals surface area (Å²) in [6.07, 6.45) is 0.654. The maximum absolute atomic E-state index is 11.5. The van der Waals surface area contributed by atoms with Gasteiger partial charge in [0.15, 0.2) is 6.04 Å². The van der Waals surface area contributed by atoms with Crippen molar-refractivity contribution in [1.82, 2.24) is 10.6 Å². The maximum atomic E-state index is 11.5. The number of likely N-dealkylation sites (N-methyl/N-ethyl adjacent to an activating group) is 1. The molecule has 1 amide bonds. The van der Waals surface area contributed by atoms with Crippen molar-refractivity contribution in [2.75, 3.05) is 13.6 Å². The lowest BCUT2D eigenvalue weighted by atomic mass is 10.1. The van der Waals surface area contributed by atoms with E-state index in [1.165, 1.54) is 7.05 Å². The number of carboxylic acids is 1. The molecule has 0 saturated carbocycles. The zero-order chi connectivity index (χ0) is 13.5. The lowest BCUT2D eigenvalue weighted by Crippen LogP contribution is -2.48. The third-order valence-corrected chi connectivity index (χ3v) is 2.89. The summed E-state index contributed by atoms with van der Waals surface area (Å²) in [7, 11) is 1.44. The van der Waals surface area contributed by atoms with Crippen LogP contribution >= 0.6 is 15.9 Å². The third kappa shape index (κ3) is 4.46. The molecule has 1 atom stereocenters. The average Bonchev–Trinajstić information content (AvgIpc) is 2.29. The van der Waals surface area contributed by atoms with Crippen LogP contribution in [0.5, 0.6) is 0 Å². The number of halogens is 1. The van der Waals surface area contributed by atoms with E-state index < -0.39 is 17.9 Å². The molecule has 98 valence electrons. The van der Waals surface area contributed by atoms with Gasteiger partial charge >= 0.3 is 5.97 Å². The van der Waals surface area contributed by atoms with E-state index in [1.54, 1.807) is 0 Å². The van der Waals surface area contributed by atoms with Crippen molar-refractivity contribution in [2.24, 2.45) is 0 Å². The summed E-state index contributed by atoms with van der Waals surface area (Å²) < 4.78 is 0.977. The molecule has 1 rings (SSSR count). The molecule has 0 bridgehead atoms. The minimum Gasteiger partial charge on any atom is -0.480 e. The predicted octanol–water partition coefficient (Wildman–Crippen LogP) is 0.780. The van der Waals surface area contributed by atoms with E-state index in [0.717, 1.165) is 10.0 Å². The summed E-state index contributed by atoms with van der Waals surface area (Å²) in [5.41, 5.74) is 1.07. The molecule has 0 spiro atoms. The zero-order valence-electron chi connectivity index (χ0n) is 9.94. The fourth-order valence-corrected chi connectivity index (χ4v) is 1.94. The number of nitrogens with one attached hydrogen (secondary N) is 2. The van der Waals surface area contributed by atoms with Crippen LogP contribution in [0.4, 0.5) is 0 Å². The van der Waals surface area contributed by atoms with Crippen LogP contribution in [-0.4, -0.2) is 36.6 Å². The molecular weight excluding hydrogens is 300 g/mol. The number of carbonyl (C=O) groups is 2. The van der Waals surface area contributed by atoms with E-state index in [-0.39, 0.29) is 0 Å². The standard InChI is InChI=1S/C12H15BrN2O3/c1-14-10(12(17)18)11(16)15-6-5-8-3-2-4-9(13)7-8/h2-4,7,10,14H,5-6H2,1H3,(H,15,16)(H,17,18). The van der Waals surface area contributed by atoms with Gasteiger partial charge in [0.05, 0.1) is 0 Å². The van der Waals surface area contributed by atoms with Crippen LogP contribution in [0.25, 0.3) is 0 Å². The highest BCUT2D eigenvalue weighted by Gasteiger charge is 2.23. The van der Waals surface area contributed by atoms with Gasteiger partial charge < -0.3 is 10.4 Å². The lowest BCUT2D eigenvalue weighted by Gasteiger charge is -2.11. The van der Waals surface area contributed by atoms with E-state index in [1.807, 2.05) is 24.3 Å². The Balaban J connectivity index is 2.42. The van der Waals surface area contributed by atoms with Crippen molar-refractivity contribution in [3.05, 3.63) is 34.3 Å². The molecule has 3 N–H and O–H groups in total. The van der Waals surface area contributed by atoms with Gasteiger partial charge in [-0.05, 0) is 31.2 Å².